The summed E-state index contributed by atoms with van der Waals surface area (Å²) in [5.41, 5.74) is 2.73. The van der Waals surface area contributed by atoms with Crippen LogP contribution in [0, 0.1) is 17.0 Å². The van der Waals surface area contributed by atoms with E-state index in [1.54, 1.807) is 30.3 Å². The minimum Gasteiger partial charge on any atom is -0.489 e. The van der Waals surface area contributed by atoms with E-state index in [4.69, 9.17) is 9.47 Å². The Kier molecular flexibility index (Phi) is 4.58. The zero-order valence-electron chi connectivity index (χ0n) is 14.4. The van der Waals surface area contributed by atoms with Gasteiger partial charge in [0.1, 0.15) is 18.1 Å². The second-order valence-corrected chi connectivity index (χ2v) is 6.10. The summed E-state index contributed by atoms with van der Waals surface area (Å²) in [6, 6.07) is 9.32. The Balaban J connectivity index is 1.88. The van der Waals surface area contributed by atoms with Crippen LogP contribution in [0.3, 0.4) is 0 Å². The van der Waals surface area contributed by atoms with Gasteiger partial charge in [0.15, 0.2) is 5.76 Å². The van der Waals surface area contributed by atoms with Crippen molar-refractivity contribution in [2.24, 2.45) is 0 Å². The minimum absolute atomic E-state index is 0.00995. The second-order valence-electron chi connectivity index (χ2n) is 6.10. The topological polar surface area (TPSA) is 78.7 Å². The Bertz CT molecular complexity index is 941. The molecule has 3 rings (SSSR count). The molecule has 0 fully saturated rings. The number of carbonyl (C=O) groups is 1. The van der Waals surface area contributed by atoms with Crippen LogP contribution in [0.1, 0.15) is 28.4 Å². The Hall–Kier alpha value is -3.41. The molecule has 2 aromatic rings. The van der Waals surface area contributed by atoms with Crippen LogP contribution in [0.25, 0.3) is 6.08 Å². The molecule has 0 saturated carbocycles. The molecule has 0 N–H and O–H groups in total. The molecule has 0 aliphatic carbocycles. The van der Waals surface area contributed by atoms with Crippen molar-refractivity contribution in [2.75, 3.05) is 6.61 Å². The van der Waals surface area contributed by atoms with Gasteiger partial charge in [-0.15, -0.1) is 0 Å². The van der Waals surface area contributed by atoms with Crippen LogP contribution in [0.4, 0.5) is 5.69 Å². The molecule has 0 radical (unpaired) electrons. The number of fused-ring (bicyclic) bond motifs is 1. The average molecular weight is 351 g/mol. The fraction of sp³-hybridized carbons (Fsp3) is 0.150. The van der Waals surface area contributed by atoms with Crippen molar-refractivity contribution in [3.05, 3.63) is 81.1 Å². The predicted molar refractivity (Wildman–Crippen MR) is 97.5 cm³/mol. The molecule has 0 saturated heterocycles. The highest BCUT2D eigenvalue weighted by Gasteiger charge is 2.30. The number of ether oxygens (including phenoxy) is 2. The molecule has 0 bridgehead atoms. The standard InChI is InChI=1S/C20H17NO5/c1-12(2)11-25-17-9-8-16-19(22)18(26-20(16)13(17)3)10-14-4-6-15(7-5-14)21(23)24/h4-10H,1,11H2,2-3H3/b18-10-. The molecule has 26 heavy (non-hydrogen) atoms. The van der Waals surface area contributed by atoms with E-state index in [-0.39, 0.29) is 17.2 Å². The number of nitrogens with zero attached hydrogens (tertiary/aromatic N) is 1. The van der Waals surface area contributed by atoms with Crippen LogP contribution in [0.5, 0.6) is 11.5 Å². The van der Waals surface area contributed by atoms with E-state index in [1.165, 1.54) is 12.1 Å². The highest BCUT2D eigenvalue weighted by molar-refractivity contribution is 6.14. The van der Waals surface area contributed by atoms with E-state index in [0.717, 1.165) is 11.1 Å². The number of non-ortho nitro benzene ring substituents is 1. The van der Waals surface area contributed by atoms with Crippen molar-refractivity contribution in [3.63, 3.8) is 0 Å². The zero-order chi connectivity index (χ0) is 18.8. The van der Waals surface area contributed by atoms with Crippen molar-refractivity contribution in [3.8, 4) is 11.5 Å². The number of nitro groups is 1. The van der Waals surface area contributed by atoms with Gasteiger partial charge >= 0.3 is 0 Å². The average Bonchev–Trinajstić information content (AvgIpc) is 2.92. The third-order valence-electron chi connectivity index (χ3n) is 3.91. The molecule has 2 aromatic carbocycles. The number of Topliss-reactive ketones (excluding diaryl/α,β-unsaturated/α-hetero) is 1. The number of rotatable bonds is 5. The lowest BCUT2D eigenvalue weighted by Gasteiger charge is -2.11. The minimum atomic E-state index is -0.472. The maximum absolute atomic E-state index is 12.5. The summed E-state index contributed by atoms with van der Waals surface area (Å²) in [4.78, 5) is 22.8. The van der Waals surface area contributed by atoms with Gasteiger partial charge in [-0.2, -0.15) is 0 Å². The van der Waals surface area contributed by atoms with Gasteiger partial charge in [-0.05, 0) is 55.3 Å². The molecule has 0 amide bonds. The predicted octanol–water partition coefficient (Wildman–Crippen LogP) is 4.47. The molecule has 1 aliphatic rings. The van der Waals surface area contributed by atoms with Gasteiger partial charge in [0.05, 0.1) is 10.5 Å². The van der Waals surface area contributed by atoms with Crippen LogP contribution in [-0.2, 0) is 0 Å². The fourth-order valence-electron chi connectivity index (χ4n) is 2.57. The van der Waals surface area contributed by atoms with Gasteiger partial charge in [0, 0.05) is 17.7 Å². The molecule has 1 heterocycles. The lowest BCUT2D eigenvalue weighted by Crippen LogP contribution is -2.00. The third-order valence-corrected chi connectivity index (χ3v) is 3.91. The van der Waals surface area contributed by atoms with Crippen LogP contribution >= 0.6 is 0 Å². The summed E-state index contributed by atoms with van der Waals surface area (Å²) in [6.45, 7) is 7.88. The van der Waals surface area contributed by atoms with E-state index in [2.05, 4.69) is 6.58 Å². The summed E-state index contributed by atoms with van der Waals surface area (Å²) in [6.07, 6.45) is 1.57. The fourth-order valence-corrected chi connectivity index (χ4v) is 2.57. The third kappa shape index (κ3) is 3.35. The number of hydrogen-bond donors (Lipinski definition) is 0. The van der Waals surface area contributed by atoms with Gasteiger partial charge in [-0.25, -0.2) is 0 Å². The van der Waals surface area contributed by atoms with Crippen molar-refractivity contribution >= 4 is 17.5 Å². The Morgan fingerprint density at radius 1 is 1.27 bits per heavy atom. The maximum Gasteiger partial charge on any atom is 0.269 e. The molecular formula is C20H17NO5. The van der Waals surface area contributed by atoms with Crippen LogP contribution in [-0.4, -0.2) is 17.3 Å². The van der Waals surface area contributed by atoms with Gasteiger partial charge in [-0.3, -0.25) is 14.9 Å². The first-order valence-corrected chi connectivity index (χ1v) is 7.96. The van der Waals surface area contributed by atoms with E-state index in [1.807, 2.05) is 13.8 Å². The van der Waals surface area contributed by atoms with Gasteiger partial charge in [0.2, 0.25) is 5.78 Å². The summed E-state index contributed by atoms with van der Waals surface area (Å²) in [5, 5.41) is 10.7. The van der Waals surface area contributed by atoms with E-state index in [9.17, 15) is 14.9 Å². The quantitative estimate of drug-likeness (QED) is 0.344. The smallest absolute Gasteiger partial charge is 0.269 e. The number of hydrogen-bond acceptors (Lipinski definition) is 5. The molecule has 6 nitrogen and oxygen atoms in total. The van der Waals surface area contributed by atoms with Crippen LogP contribution < -0.4 is 9.47 Å². The normalized spacial score (nSPS) is 14.1. The molecule has 0 aromatic heterocycles. The Labute approximate surface area is 150 Å². The van der Waals surface area contributed by atoms with E-state index in [0.29, 0.717) is 29.2 Å². The second kappa shape index (κ2) is 6.84. The van der Waals surface area contributed by atoms with E-state index >= 15 is 0 Å². The first-order valence-electron chi connectivity index (χ1n) is 7.96. The Morgan fingerprint density at radius 3 is 2.58 bits per heavy atom. The maximum atomic E-state index is 12.5. The monoisotopic (exact) mass is 351 g/mol. The summed E-state index contributed by atoms with van der Waals surface area (Å²) in [5.74, 6) is 1.06. The van der Waals surface area contributed by atoms with Gasteiger partial charge < -0.3 is 9.47 Å². The first-order chi connectivity index (χ1) is 12.4. The number of benzene rings is 2. The molecule has 0 spiro atoms. The lowest BCUT2D eigenvalue weighted by molar-refractivity contribution is -0.384. The summed E-state index contributed by atoms with van der Waals surface area (Å²) in [7, 11) is 0. The van der Waals surface area contributed by atoms with Crippen molar-refractivity contribution in [1.29, 1.82) is 0 Å². The van der Waals surface area contributed by atoms with Gasteiger partial charge in [0.25, 0.3) is 5.69 Å². The molecule has 1 aliphatic heterocycles. The molecule has 132 valence electrons. The van der Waals surface area contributed by atoms with Crippen molar-refractivity contribution in [1.82, 2.24) is 0 Å². The zero-order valence-corrected chi connectivity index (χ0v) is 14.4. The number of nitro benzene ring substituents is 1. The molecule has 0 unspecified atom stereocenters. The lowest BCUT2D eigenvalue weighted by atomic mass is 10.1. The van der Waals surface area contributed by atoms with Crippen LogP contribution in [0.15, 0.2) is 54.3 Å². The Morgan fingerprint density at radius 2 is 1.96 bits per heavy atom. The number of ketones is 1. The molecule has 6 heteroatoms. The van der Waals surface area contributed by atoms with Crippen LogP contribution in [0.2, 0.25) is 0 Å². The van der Waals surface area contributed by atoms with Gasteiger partial charge in [-0.1, -0.05) is 6.58 Å². The van der Waals surface area contributed by atoms with Crippen molar-refractivity contribution < 1.29 is 19.2 Å². The highest BCUT2D eigenvalue weighted by atomic mass is 16.6. The summed E-state index contributed by atoms with van der Waals surface area (Å²) >= 11 is 0. The number of carbonyl (C=O) groups excluding carboxylic acids is 1. The largest absolute Gasteiger partial charge is 0.489 e. The SMILES string of the molecule is C=C(C)COc1ccc2c(c1C)O/C(=C\c1ccc([N+](=O)[O-])cc1)C2=O. The molecular weight excluding hydrogens is 334 g/mol. The summed E-state index contributed by atoms with van der Waals surface area (Å²) < 4.78 is 11.4. The molecule has 0 atom stereocenters. The number of allylic oxidation sites excluding steroid dienone is 1. The first kappa shape index (κ1) is 17.4. The van der Waals surface area contributed by atoms with E-state index < -0.39 is 4.92 Å². The van der Waals surface area contributed by atoms with Crippen molar-refractivity contribution in [2.45, 2.75) is 13.8 Å². The highest BCUT2D eigenvalue weighted by Crippen LogP contribution is 2.39.